The van der Waals surface area contributed by atoms with Crippen molar-refractivity contribution >= 4 is 0 Å². The number of hydrogen-bond donors (Lipinski definition) is 1. The third kappa shape index (κ3) is 4.13. The van der Waals surface area contributed by atoms with Crippen LogP contribution in [0.15, 0.2) is 0 Å². The van der Waals surface area contributed by atoms with Gasteiger partial charge in [-0.2, -0.15) is 0 Å². The van der Waals surface area contributed by atoms with Crippen LogP contribution in [0.5, 0.6) is 0 Å². The van der Waals surface area contributed by atoms with Gasteiger partial charge in [0.25, 0.3) is 0 Å². The highest BCUT2D eigenvalue weighted by molar-refractivity contribution is 4.92. The first-order valence-corrected chi connectivity index (χ1v) is 5.33. The monoisotopic (exact) mass is 214 g/mol. The van der Waals surface area contributed by atoms with Crippen molar-refractivity contribution in [3.05, 3.63) is 16.0 Å². The van der Waals surface area contributed by atoms with Gasteiger partial charge in [-0.1, -0.05) is 13.8 Å². The maximum atomic E-state index is 10.4. The van der Waals surface area contributed by atoms with Crippen molar-refractivity contribution in [2.45, 2.75) is 32.2 Å². The average molecular weight is 214 g/mol. The van der Waals surface area contributed by atoms with Crippen LogP contribution in [-0.4, -0.2) is 41.5 Å². The van der Waals surface area contributed by atoms with Gasteiger partial charge in [0.2, 0.25) is 6.54 Å². The van der Waals surface area contributed by atoms with E-state index >= 15 is 0 Å². The van der Waals surface area contributed by atoms with E-state index in [4.69, 9.17) is 5.73 Å². The number of rotatable bonds is 4. The van der Waals surface area contributed by atoms with E-state index in [2.05, 4.69) is 18.7 Å². The molecule has 0 aromatic carbocycles. The Hall–Kier alpha value is -0.680. The van der Waals surface area contributed by atoms with Crippen molar-refractivity contribution in [1.29, 1.82) is 0 Å². The first kappa shape index (κ1) is 12.4. The molecule has 0 aromatic heterocycles. The van der Waals surface area contributed by atoms with Gasteiger partial charge in [0, 0.05) is 24.6 Å². The fraction of sp³-hybridized carbons (Fsp3) is 0.900. The van der Waals surface area contributed by atoms with Crippen LogP contribution in [-0.2, 0) is 0 Å². The summed E-state index contributed by atoms with van der Waals surface area (Å²) in [7, 11) is 0. The third-order valence-corrected chi connectivity index (χ3v) is 2.84. The van der Waals surface area contributed by atoms with Crippen molar-refractivity contribution in [2.24, 2.45) is 5.73 Å². The molecule has 1 saturated heterocycles. The molecule has 0 aliphatic carbocycles. The van der Waals surface area contributed by atoms with Gasteiger partial charge in [-0.15, -0.1) is 0 Å². The first-order chi connectivity index (χ1) is 6.91. The Balaban J connectivity index is 2.37. The maximum absolute atomic E-state index is 10.4. The number of nitrogens with zero attached hydrogens (tertiary/aromatic N) is 2. The summed E-state index contributed by atoms with van der Waals surface area (Å²) in [5.41, 5.74) is 5.40. The Bertz CT molecular complexity index is 223. The van der Waals surface area contributed by atoms with Crippen LogP contribution in [0.1, 0.15) is 26.7 Å². The molecule has 0 spiro atoms. The van der Waals surface area contributed by atoms with Crippen molar-refractivity contribution in [3.8, 4) is 0 Å². The number of hydrogen-bond acceptors (Lipinski definition) is 4. The fourth-order valence-electron chi connectivity index (χ4n) is 2.02. The molecule has 15 heavy (non-hydrogen) atoms. The number of likely N-dealkylation sites (tertiary alicyclic amines) is 1. The van der Waals surface area contributed by atoms with E-state index in [0.717, 1.165) is 32.5 Å². The molecule has 0 atom stereocenters. The molecule has 1 rings (SSSR count). The highest BCUT2D eigenvalue weighted by atomic mass is 16.6. The van der Waals surface area contributed by atoms with Crippen LogP contribution in [0.3, 0.4) is 0 Å². The second-order valence-corrected chi connectivity index (χ2v) is 4.84. The van der Waals surface area contributed by atoms with Gasteiger partial charge < -0.3 is 10.6 Å². The van der Waals surface area contributed by atoms with E-state index in [1.807, 2.05) is 0 Å². The molecular weight excluding hydrogens is 194 g/mol. The largest absolute Gasteiger partial charge is 0.320 e. The molecule has 0 saturated carbocycles. The molecule has 1 aliphatic rings. The van der Waals surface area contributed by atoms with Crippen molar-refractivity contribution in [2.75, 3.05) is 26.2 Å². The van der Waals surface area contributed by atoms with Crippen LogP contribution in [0, 0.1) is 16.0 Å². The zero-order valence-corrected chi connectivity index (χ0v) is 9.53. The van der Waals surface area contributed by atoms with Crippen molar-refractivity contribution in [3.63, 3.8) is 0 Å². The van der Waals surface area contributed by atoms with Crippen LogP contribution >= 0.6 is 0 Å². The molecule has 0 bridgehead atoms. The Labute approximate surface area is 90.8 Å². The summed E-state index contributed by atoms with van der Waals surface area (Å²) >= 11 is 0. The zero-order valence-electron chi connectivity index (χ0n) is 9.53. The highest BCUT2D eigenvalue weighted by Crippen LogP contribution is 2.20. The van der Waals surface area contributed by atoms with Gasteiger partial charge in [-0.25, -0.2) is 0 Å². The summed E-state index contributed by atoms with van der Waals surface area (Å²) in [6, 6.07) is 0. The minimum atomic E-state index is -0.582. The lowest BCUT2D eigenvalue weighted by atomic mass is 9.88. The third-order valence-electron chi connectivity index (χ3n) is 2.84. The lowest BCUT2D eigenvalue weighted by Gasteiger charge is -2.37. The van der Waals surface area contributed by atoms with Crippen molar-refractivity contribution < 1.29 is 4.92 Å². The van der Waals surface area contributed by atoms with Gasteiger partial charge in [0.1, 0.15) is 0 Å². The van der Waals surface area contributed by atoms with Gasteiger partial charge >= 0.3 is 0 Å². The van der Waals surface area contributed by atoms with Crippen LogP contribution in [0.4, 0.5) is 0 Å². The minimum absolute atomic E-state index is 0.102. The quantitative estimate of drug-likeness (QED) is 0.551. The predicted molar refractivity (Wildman–Crippen MR) is 59.0 cm³/mol. The molecule has 0 unspecified atom stereocenters. The van der Waals surface area contributed by atoms with E-state index in [-0.39, 0.29) is 11.5 Å². The predicted octanol–water partition coefficient (Wildman–Crippen LogP) is 0.671. The topological polar surface area (TPSA) is 72.4 Å². The van der Waals surface area contributed by atoms with E-state index in [1.165, 1.54) is 5.92 Å². The molecule has 0 amide bonds. The SMILES string of the molecule is C[C](C)CN1CCC(N)(C[N+](=O)[O-])CC1. The Morgan fingerprint density at radius 1 is 1.47 bits per heavy atom. The van der Waals surface area contributed by atoms with Crippen LogP contribution in [0.25, 0.3) is 0 Å². The number of nitro groups is 1. The summed E-state index contributed by atoms with van der Waals surface area (Å²) in [5, 5.41) is 10.4. The second-order valence-electron chi connectivity index (χ2n) is 4.84. The summed E-state index contributed by atoms with van der Waals surface area (Å²) < 4.78 is 0. The molecular formula is C10H20N3O2. The van der Waals surface area contributed by atoms with E-state index in [1.54, 1.807) is 0 Å². The van der Waals surface area contributed by atoms with E-state index < -0.39 is 5.54 Å². The summed E-state index contributed by atoms with van der Waals surface area (Å²) in [5.74, 6) is 1.37. The molecule has 1 aliphatic heterocycles. The van der Waals surface area contributed by atoms with E-state index in [0.29, 0.717) is 0 Å². The summed E-state index contributed by atoms with van der Waals surface area (Å²) in [6.45, 7) is 6.82. The van der Waals surface area contributed by atoms with Gasteiger partial charge in [-0.05, 0) is 18.8 Å². The molecule has 1 radical (unpaired) electrons. The smallest absolute Gasteiger partial charge is 0.221 e. The average Bonchev–Trinajstić information content (AvgIpc) is 2.07. The lowest BCUT2D eigenvalue weighted by Crippen LogP contribution is -2.54. The van der Waals surface area contributed by atoms with E-state index in [9.17, 15) is 10.1 Å². The number of piperidine rings is 1. The highest BCUT2D eigenvalue weighted by Gasteiger charge is 2.35. The van der Waals surface area contributed by atoms with Crippen molar-refractivity contribution in [1.82, 2.24) is 4.90 Å². The molecule has 5 heteroatoms. The van der Waals surface area contributed by atoms with Gasteiger partial charge in [-0.3, -0.25) is 10.1 Å². The normalized spacial score (nSPS) is 21.9. The fourth-order valence-corrected chi connectivity index (χ4v) is 2.02. The Morgan fingerprint density at radius 2 is 2.00 bits per heavy atom. The summed E-state index contributed by atoms with van der Waals surface area (Å²) in [6.07, 6.45) is 1.45. The maximum Gasteiger partial charge on any atom is 0.221 e. The minimum Gasteiger partial charge on any atom is -0.320 e. The molecule has 1 heterocycles. The Morgan fingerprint density at radius 3 is 2.40 bits per heavy atom. The zero-order chi connectivity index (χ0) is 11.5. The molecule has 2 N–H and O–H groups in total. The standard InChI is InChI=1S/C10H20N3O2/c1-9(2)7-12-5-3-10(11,4-6-12)8-13(14)15/h3-8,11H2,1-2H3. The lowest BCUT2D eigenvalue weighted by molar-refractivity contribution is -0.490. The van der Waals surface area contributed by atoms with Crippen LogP contribution in [0.2, 0.25) is 0 Å². The van der Waals surface area contributed by atoms with Gasteiger partial charge in [0.15, 0.2) is 0 Å². The molecule has 0 aromatic rings. The molecule has 1 fully saturated rings. The first-order valence-electron chi connectivity index (χ1n) is 5.33. The Kier molecular flexibility index (Phi) is 4.04. The van der Waals surface area contributed by atoms with Crippen LogP contribution < -0.4 is 5.73 Å². The number of nitrogens with two attached hydrogens (primary N) is 1. The molecule has 87 valence electrons. The van der Waals surface area contributed by atoms with Gasteiger partial charge in [0.05, 0.1) is 5.54 Å². The second kappa shape index (κ2) is 4.90. The summed E-state index contributed by atoms with van der Waals surface area (Å²) in [4.78, 5) is 12.4. The molecule has 5 nitrogen and oxygen atoms in total.